The zero-order valence-corrected chi connectivity index (χ0v) is 13.6. The third-order valence-electron chi connectivity index (χ3n) is 6.83. The Balaban J connectivity index is 1.52. The molecule has 2 bridgehead atoms. The van der Waals surface area contributed by atoms with E-state index >= 15 is 0 Å². The van der Waals surface area contributed by atoms with Crippen LogP contribution >= 0.6 is 0 Å². The molecular weight excluding hydrogens is 260 g/mol. The number of hydrogen-bond donors (Lipinski definition) is 1. The molecule has 4 atom stereocenters. The lowest BCUT2D eigenvalue weighted by molar-refractivity contribution is -0.134. The Kier molecular flexibility index (Phi) is 3.33. The quantitative estimate of drug-likeness (QED) is 0.866. The second-order valence-electron chi connectivity index (χ2n) is 8.51. The Labute approximate surface area is 128 Å². The number of nitrogens with zero attached hydrogens (tertiary/aromatic N) is 1. The number of hydrogen-bond acceptors (Lipinski definition) is 2. The zero-order chi connectivity index (χ0) is 14.6. The largest absolute Gasteiger partial charge is 0.325 e. The Hall–Kier alpha value is -0.570. The van der Waals surface area contributed by atoms with Crippen molar-refractivity contribution in [3.63, 3.8) is 0 Å². The van der Waals surface area contributed by atoms with Crippen molar-refractivity contribution < 1.29 is 4.79 Å². The first-order valence-corrected chi connectivity index (χ1v) is 9.18. The van der Waals surface area contributed by atoms with Gasteiger partial charge in [0.25, 0.3) is 0 Å². The summed E-state index contributed by atoms with van der Waals surface area (Å²) in [5.74, 6) is 3.61. The first kappa shape index (κ1) is 14.0. The van der Waals surface area contributed by atoms with Crippen LogP contribution in [0.15, 0.2) is 0 Å². The summed E-state index contributed by atoms with van der Waals surface area (Å²) in [5, 5.41) is 3.76. The second-order valence-corrected chi connectivity index (χ2v) is 8.51. The molecule has 1 saturated heterocycles. The molecule has 0 aromatic rings. The Bertz CT molecular complexity index is 427. The smallest absolute Gasteiger partial charge is 0.244 e. The molecule has 0 aromatic carbocycles. The standard InChI is InChI=1S/C18H30N2O/c1-12(2)16-19-18(7-3-4-8-18)17(21)20(16)11-15-10-13-5-6-14(15)9-13/h12-16,19H,3-11H2,1-2H3. The number of carbonyl (C=O) groups excluding carboxylic acids is 1. The molecule has 3 nitrogen and oxygen atoms in total. The molecule has 3 heteroatoms. The lowest BCUT2D eigenvalue weighted by atomic mass is 9.88. The van der Waals surface area contributed by atoms with Gasteiger partial charge in [0.2, 0.25) is 5.91 Å². The fraction of sp³-hybridized carbons (Fsp3) is 0.944. The van der Waals surface area contributed by atoms with Gasteiger partial charge in [-0.3, -0.25) is 10.1 Å². The normalized spacial score (nSPS) is 41.1. The van der Waals surface area contributed by atoms with Crippen LogP contribution < -0.4 is 5.32 Å². The van der Waals surface area contributed by atoms with Crippen LogP contribution in [0.4, 0.5) is 0 Å². The van der Waals surface area contributed by atoms with Crippen molar-refractivity contribution in [2.75, 3.05) is 6.54 Å². The monoisotopic (exact) mass is 290 g/mol. The SMILES string of the molecule is CC(C)C1NC2(CCCC2)C(=O)N1CC1CC2CCC1C2. The van der Waals surface area contributed by atoms with Gasteiger partial charge >= 0.3 is 0 Å². The minimum absolute atomic E-state index is 0.188. The van der Waals surface area contributed by atoms with Gasteiger partial charge in [0.05, 0.1) is 11.7 Å². The molecule has 1 amide bonds. The van der Waals surface area contributed by atoms with Crippen LogP contribution in [0, 0.1) is 23.7 Å². The highest BCUT2D eigenvalue weighted by molar-refractivity contribution is 5.89. The van der Waals surface area contributed by atoms with E-state index in [0.717, 1.165) is 37.1 Å². The van der Waals surface area contributed by atoms with Crippen LogP contribution in [0.3, 0.4) is 0 Å². The van der Waals surface area contributed by atoms with Crippen molar-refractivity contribution in [2.24, 2.45) is 23.7 Å². The molecule has 1 aliphatic heterocycles. The molecule has 4 rings (SSSR count). The van der Waals surface area contributed by atoms with E-state index < -0.39 is 0 Å². The molecule has 0 aromatic heterocycles. The predicted molar refractivity (Wildman–Crippen MR) is 83.6 cm³/mol. The summed E-state index contributed by atoms with van der Waals surface area (Å²) in [6.45, 7) is 5.54. The molecular formula is C18H30N2O. The minimum atomic E-state index is -0.188. The second kappa shape index (κ2) is 4.97. The zero-order valence-electron chi connectivity index (χ0n) is 13.6. The Morgan fingerprint density at radius 2 is 2.00 bits per heavy atom. The third kappa shape index (κ3) is 2.15. The highest BCUT2D eigenvalue weighted by atomic mass is 16.2. The van der Waals surface area contributed by atoms with Crippen LogP contribution in [0.2, 0.25) is 0 Å². The van der Waals surface area contributed by atoms with E-state index in [-0.39, 0.29) is 11.7 Å². The van der Waals surface area contributed by atoms with Crippen molar-refractivity contribution in [3.8, 4) is 0 Å². The van der Waals surface area contributed by atoms with Gasteiger partial charge < -0.3 is 4.90 Å². The van der Waals surface area contributed by atoms with Crippen molar-refractivity contribution >= 4 is 5.91 Å². The fourth-order valence-corrected chi connectivity index (χ4v) is 5.74. The highest BCUT2D eigenvalue weighted by Crippen LogP contribution is 2.49. The van der Waals surface area contributed by atoms with Gasteiger partial charge in [-0.05, 0) is 55.8 Å². The average Bonchev–Trinajstić information content (AvgIpc) is 3.20. The van der Waals surface area contributed by atoms with Gasteiger partial charge in [-0.25, -0.2) is 0 Å². The first-order chi connectivity index (χ1) is 10.1. The average molecular weight is 290 g/mol. The summed E-state index contributed by atoms with van der Waals surface area (Å²) in [4.78, 5) is 15.4. The van der Waals surface area contributed by atoms with Crippen LogP contribution in [-0.4, -0.2) is 29.1 Å². The van der Waals surface area contributed by atoms with Crippen LogP contribution in [-0.2, 0) is 4.79 Å². The first-order valence-electron chi connectivity index (χ1n) is 9.18. The van der Waals surface area contributed by atoms with E-state index in [4.69, 9.17) is 0 Å². The molecule has 4 aliphatic rings. The van der Waals surface area contributed by atoms with Gasteiger partial charge in [-0.1, -0.05) is 33.1 Å². The molecule has 1 N–H and O–H groups in total. The Morgan fingerprint density at radius 1 is 1.24 bits per heavy atom. The molecule has 118 valence electrons. The molecule has 4 fully saturated rings. The number of carbonyl (C=O) groups is 1. The van der Waals surface area contributed by atoms with Crippen molar-refractivity contribution in [2.45, 2.75) is 76.9 Å². The summed E-state index contributed by atoms with van der Waals surface area (Å²) >= 11 is 0. The number of amides is 1. The van der Waals surface area contributed by atoms with Gasteiger partial charge in [-0.15, -0.1) is 0 Å². The molecule has 1 heterocycles. The summed E-state index contributed by atoms with van der Waals surface area (Å²) in [5.41, 5.74) is -0.188. The molecule has 1 spiro atoms. The molecule has 21 heavy (non-hydrogen) atoms. The van der Waals surface area contributed by atoms with E-state index in [1.54, 1.807) is 0 Å². The van der Waals surface area contributed by atoms with Crippen molar-refractivity contribution in [1.29, 1.82) is 0 Å². The van der Waals surface area contributed by atoms with Gasteiger partial charge in [-0.2, -0.15) is 0 Å². The molecule has 3 saturated carbocycles. The highest BCUT2D eigenvalue weighted by Gasteiger charge is 2.54. The van der Waals surface area contributed by atoms with E-state index in [1.165, 1.54) is 38.5 Å². The van der Waals surface area contributed by atoms with E-state index in [9.17, 15) is 4.79 Å². The maximum Gasteiger partial charge on any atom is 0.244 e. The van der Waals surface area contributed by atoms with Gasteiger partial charge in [0, 0.05) is 6.54 Å². The van der Waals surface area contributed by atoms with E-state index in [2.05, 4.69) is 24.1 Å². The molecule has 0 radical (unpaired) electrons. The lowest BCUT2D eigenvalue weighted by Crippen LogP contribution is -2.45. The Morgan fingerprint density at radius 3 is 2.57 bits per heavy atom. The molecule has 3 aliphatic carbocycles. The number of fused-ring (bicyclic) bond motifs is 2. The van der Waals surface area contributed by atoms with Crippen LogP contribution in [0.5, 0.6) is 0 Å². The van der Waals surface area contributed by atoms with Crippen LogP contribution in [0.25, 0.3) is 0 Å². The molecule has 4 unspecified atom stereocenters. The maximum atomic E-state index is 13.1. The third-order valence-corrected chi connectivity index (χ3v) is 6.83. The van der Waals surface area contributed by atoms with Crippen molar-refractivity contribution in [1.82, 2.24) is 10.2 Å². The van der Waals surface area contributed by atoms with E-state index in [0.29, 0.717) is 11.8 Å². The minimum Gasteiger partial charge on any atom is -0.325 e. The van der Waals surface area contributed by atoms with Crippen LogP contribution in [0.1, 0.15) is 65.2 Å². The van der Waals surface area contributed by atoms with E-state index in [1.807, 2.05) is 0 Å². The fourth-order valence-electron chi connectivity index (χ4n) is 5.74. The lowest BCUT2D eigenvalue weighted by Gasteiger charge is -2.32. The summed E-state index contributed by atoms with van der Waals surface area (Å²) in [6.07, 6.45) is 10.5. The van der Waals surface area contributed by atoms with Crippen molar-refractivity contribution in [3.05, 3.63) is 0 Å². The van der Waals surface area contributed by atoms with Gasteiger partial charge in [0.15, 0.2) is 0 Å². The summed E-state index contributed by atoms with van der Waals surface area (Å²) in [6, 6.07) is 0. The maximum absolute atomic E-state index is 13.1. The van der Waals surface area contributed by atoms with Gasteiger partial charge in [0.1, 0.15) is 0 Å². The number of nitrogens with one attached hydrogen (secondary N) is 1. The predicted octanol–water partition coefficient (Wildman–Crippen LogP) is 3.15. The number of rotatable bonds is 3. The summed E-state index contributed by atoms with van der Waals surface area (Å²) < 4.78 is 0. The summed E-state index contributed by atoms with van der Waals surface area (Å²) in [7, 11) is 0. The topological polar surface area (TPSA) is 32.3 Å².